The molecule has 2 fully saturated rings. The molecule has 0 bridgehead atoms. The van der Waals surface area contributed by atoms with Crippen molar-refractivity contribution in [2.75, 3.05) is 6.61 Å². The molecule has 0 aromatic heterocycles. The molecule has 1 aromatic carbocycles. The highest BCUT2D eigenvalue weighted by atomic mass is 19.1. The molecule has 2 heteroatoms. The quantitative estimate of drug-likeness (QED) is 0.452. The fourth-order valence-corrected chi connectivity index (χ4v) is 5.32. The second kappa shape index (κ2) is 10.9. The largest absolute Gasteiger partial charge is 0.494 e. The first kappa shape index (κ1) is 20.4. The molecular weight excluding hydrogens is 335 g/mol. The van der Waals surface area contributed by atoms with E-state index in [2.05, 4.69) is 31.2 Å². The summed E-state index contributed by atoms with van der Waals surface area (Å²) in [7, 11) is 0. The van der Waals surface area contributed by atoms with Crippen LogP contribution in [0.3, 0.4) is 0 Å². The summed E-state index contributed by atoms with van der Waals surface area (Å²) < 4.78 is 17.8. The van der Waals surface area contributed by atoms with Gasteiger partial charge in [0.25, 0.3) is 0 Å². The molecule has 0 radical (unpaired) electrons. The van der Waals surface area contributed by atoms with Crippen molar-refractivity contribution in [3.05, 3.63) is 42.2 Å². The molecule has 27 heavy (non-hydrogen) atoms. The van der Waals surface area contributed by atoms with Gasteiger partial charge >= 0.3 is 0 Å². The molecule has 0 saturated heterocycles. The number of benzene rings is 1. The molecular formula is C25H37FO. The maximum Gasteiger partial charge on any atom is 0.119 e. The van der Waals surface area contributed by atoms with Crippen molar-refractivity contribution in [2.45, 2.75) is 83.5 Å². The summed E-state index contributed by atoms with van der Waals surface area (Å²) in [6, 6.07) is 8.87. The minimum Gasteiger partial charge on any atom is -0.494 e. The Bertz CT molecular complexity index is 548. The van der Waals surface area contributed by atoms with Crippen LogP contribution in [0.4, 0.5) is 4.39 Å². The minimum absolute atomic E-state index is 0.704. The summed E-state index contributed by atoms with van der Waals surface area (Å²) >= 11 is 0. The third kappa shape index (κ3) is 6.09. The van der Waals surface area contributed by atoms with Crippen molar-refractivity contribution < 1.29 is 9.13 Å². The Hall–Kier alpha value is -1.31. The van der Waals surface area contributed by atoms with Crippen LogP contribution in [-0.2, 0) is 0 Å². The van der Waals surface area contributed by atoms with E-state index in [-0.39, 0.29) is 0 Å². The van der Waals surface area contributed by atoms with Gasteiger partial charge in [-0.15, -0.1) is 0 Å². The summed E-state index contributed by atoms with van der Waals surface area (Å²) in [6.07, 6.45) is 16.6. The number of hydrogen-bond donors (Lipinski definition) is 0. The van der Waals surface area contributed by atoms with E-state index in [9.17, 15) is 4.39 Å². The summed E-state index contributed by atoms with van der Waals surface area (Å²) in [5.74, 6) is 4.48. The average molecular weight is 373 g/mol. The van der Waals surface area contributed by atoms with Crippen LogP contribution in [0.2, 0.25) is 0 Å². The Morgan fingerprint density at radius 2 is 1.56 bits per heavy atom. The molecule has 0 heterocycles. The van der Waals surface area contributed by atoms with Crippen molar-refractivity contribution >= 4 is 0 Å². The first-order chi connectivity index (χ1) is 13.3. The van der Waals surface area contributed by atoms with Crippen LogP contribution in [0, 0.1) is 17.8 Å². The SMILES string of the molecule is CCCOc1ccc([C@H]2CC[C@H]([C@H]3CC[C@H](CC/C=C/F)CC3)CC2)cc1. The molecule has 0 atom stereocenters. The van der Waals surface area contributed by atoms with Crippen LogP contribution in [-0.4, -0.2) is 6.61 Å². The van der Waals surface area contributed by atoms with Crippen molar-refractivity contribution in [1.82, 2.24) is 0 Å². The van der Waals surface area contributed by atoms with Crippen LogP contribution in [0.15, 0.2) is 36.7 Å². The molecule has 2 aliphatic rings. The number of allylic oxidation sites excluding steroid dienone is 1. The van der Waals surface area contributed by atoms with Crippen molar-refractivity contribution in [3.8, 4) is 5.75 Å². The second-order valence-corrected chi connectivity index (χ2v) is 8.75. The third-order valence-corrected chi connectivity index (χ3v) is 6.98. The zero-order valence-electron chi connectivity index (χ0n) is 17.0. The Balaban J connectivity index is 1.40. The molecule has 3 rings (SSSR count). The maximum absolute atomic E-state index is 12.1. The summed E-state index contributed by atoms with van der Waals surface area (Å²) in [4.78, 5) is 0. The van der Waals surface area contributed by atoms with Gasteiger partial charge < -0.3 is 4.74 Å². The lowest BCUT2D eigenvalue weighted by Crippen LogP contribution is -2.25. The van der Waals surface area contributed by atoms with E-state index < -0.39 is 0 Å². The van der Waals surface area contributed by atoms with Gasteiger partial charge in [0, 0.05) is 0 Å². The van der Waals surface area contributed by atoms with Gasteiger partial charge in [-0.05, 0) is 99.2 Å². The molecule has 0 N–H and O–H groups in total. The predicted octanol–water partition coefficient (Wildman–Crippen LogP) is 7.82. The topological polar surface area (TPSA) is 9.23 Å². The first-order valence-corrected chi connectivity index (χ1v) is 11.3. The van der Waals surface area contributed by atoms with E-state index in [0.717, 1.165) is 48.9 Å². The molecule has 0 spiro atoms. The van der Waals surface area contributed by atoms with Crippen molar-refractivity contribution in [2.24, 2.45) is 17.8 Å². The maximum atomic E-state index is 12.1. The van der Waals surface area contributed by atoms with E-state index in [1.54, 1.807) is 6.08 Å². The van der Waals surface area contributed by atoms with E-state index in [4.69, 9.17) is 4.74 Å². The van der Waals surface area contributed by atoms with E-state index in [1.165, 1.54) is 63.4 Å². The van der Waals surface area contributed by atoms with Crippen LogP contribution in [0.25, 0.3) is 0 Å². The molecule has 1 aromatic rings. The van der Waals surface area contributed by atoms with E-state index in [0.29, 0.717) is 6.33 Å². The van der Waals surface area contributed by atoms with Crippen LogP contribution in [0.1, 0.15) is 89.0 Å². The van der Waals surface area contributed by atoms with Gasteiger partial charge in [-0.1, -0.05) is 38.0 Å². The van der Waals surface area contributed by atoms with Crippen LogP contribution >= 0.6 is 0 Å². The minimum atomic E-state index is 0.704. The van der Waals surface area contributed by atoms with Gasteiger partial charge in [0.2, 0.25) is 0 Å². The van der Waals surface area contributed by atoms with Crippen molar-refractivity contribution in [3.63, 3.8) is 0 Å². The van der Waals surface area contributed by atoms with E-state index in [1.807, 2.05) is 0 Å². The Morgan fingerprint density at radius 1 is 0.926 bits per heavy atom. The molecule has 1 nitrogen and oxygen atoms in total. The van der Waals surface area contributed by atoms with Gasteiger partial charge in [-0.2, -0.15) is 0 Å². The predicted molar refractivity (Wildman–Crippen MR) is 112 cm³/mol. The molecule has 0 unspecified atom stereocenters. The molecule has 2 aliphatic carbocycles. The summed E-state index contributed by atoms with van der Waals surface area (Å²) in [5, 5.41) is 0. The van der Waals surface area contributed by atoms with Gasteiger partial charge in [0.15, 0.2) is 0 Å². The molecule has 150 valence electrons. The second-order valence-electron chi connectivity index (χ2n) is 8.75. The lowest BCUT2D eigenvalue weighted by molar-refractivity contribution is 0.157. The highest BCUT2D eigenvalue weighted by molar-refractivity contribution is 5.29. The van der Waals surface area contributed by atoms with Crippen molar-refractivity contribution in [1.29, 1.82) is 0 Å². The summed E-state index contributed by atoms with van der Waals surface area (Å²) in [6.45, 7) is 2.95. The molecule has 0 aliphatic heterocycles. The fraction of sp³-hybridized carbons (Fsp3) is 0.680. The fourth-order valence-electron chi connectivity index (χ4n) is 5.32. The Morgan fingerprint density at radius 3 is 2.15 bits per heavy atom. The van der Waals surface area contributed by atoms with E-state index >= 15 is 0 Å². The van der Waals surface area contributed by atoms with Gasteiger partial charge in [-0.3, -0.25) is 0 Å². The number of ether oxygens (including phenoxy) is 1. The standard InChI is InChI=1S/C25H37FO/c1-2-19-27-25-16-14-24(15-17-25)23-12-10-22(11-13-23)21-8-6-20(7-9-21)5-3-4-18-26/h4,14-18,20-23H,2-3,5-13,19H2,1H3/b18-4+/t20-,21-,22-,23-. The lowest BCUT2D eigenvalue weighted by Gasteiger charge is -2.38. The number of rotatable bonds is 8. The molecule has 0 amide bonds. The normalized spacial score (nSPS) is 29.1. The first-order valence-electron chi connectivity index (χ1n) is 11.3. The highest BCUT2D eigenvalue weighted by Crippen LogP contribution is 2.44. The smallest absolute Gasteiger partial charge is 0.119 e. The third-order valence-electron chi connectivity index (χ3n) is 6.98. The number of halogens is 1. The molecule has 2 saturated carbocycles. The number of hydrogen-bond acceptors (Lipinski definition) is 1. The lowest BCUT2D eigenvalue weighted by atomic mass is 9.68. The average Bonchev–Trinajstić information content (AvgIpc) is 2.73. The van der Waals surface area contributed by atoms with Gasteiger partial charge in [-0.25, -0.2) is 4.39 Å². The van der Waals surface area contributed by atoms with Crippen LogP contribution < -0.4 is 4.74 Å². The van der Waals surface area contributed by atoms with Gasteiger partial charge in [0.1, 0.15) is 5.75 Å². The highest BCUT2D eigenvalue weighted by Gasteiger charge is 2.31. The summed E-state index contributed by atoms with van der Waals surface area (Å²) in [5.41, 5.74) is 1.50. The zero-order valence-corrected chi connectivity index (χ0v) is 17.0. The monoisotopic (exact) mass is 372 g/mol. The van der Waals surface area contributed by atoms with Gasteiger partial charge in [0.05, 0.1) is 12.9 Å². The Kier molecular flexibility index (Phi) is 8.23. The Labute approximate surface area is 165 Å². The van der Waals surface area contributed by atoms with Crippen LogP contribution in [0.5, 0.6) is 5.75 Å². The zero-order chi connectivity index (χ0) is 18.9.